The summed E-state index contributed by atoms with van der Waals surface area (Å²) in [5.41, 5.74) is 4.31. The van der Waals surface area contributed by atoms with Crippen molar-refractivity contribution >= 4 is 28.9 Å². The molecule has 0 spiro atoms. The van der Waals surface area contributed by atoms with E-state index >= 15 is 0 Å². The maximum Gasteiger partial charge on any atom is 0.416 e. The van der Waals surface area contributed by atoms with Gasteiger partial charge >= 0.3 is 6.18 Å². The maximum atomic E-state index is 12.1. The number of alkyl halides is 3. The van der Waals surface area contributed by atoms with E-state index in [9.17, 15) is 13.2 Å². The standard InChI is InChI=1S/C7H4Cl2F3N.ClH/c8-4-1-3(7(10,11)12)2-5(9)6(4)13;/h1-2H,13H2;1H/p-1. The molecule has 80 valence electrons. The summed E-state index contributed by atoms with van der Waals surface area (Å²) in [6.07, 6.45) is -4.46. The fourth-order valence-corrected chi connectivity index (χ4v) is 1.24. The normalized spacial score (nSPS) is 10.9. The second kappa shape index (κ2) is 4.47. The second-order valence-corrected chi connectivity index (χ2v) is 3.17. The van der Waals surface area contributed by atoms with Crippen molar-refractivity contribution < 1.29 is 25.6 Å². The zero-order chi connectivity index (χ0) is 10.2. The van der Waals surface area contributed by atoms with Crippen molar-refractivity contribution in [3.8, 4) is 0 Å². The third kappa shape index (κ3) is 2.83. The molecule has 0 aromatic heterocycles. The monoisotopic (exact) mass is 264 g/mol. The molecular formula is C7H4Cl3F3N-. The summed E-state index contributed by atoms with van der Waals surface area (Å²) in [6.45, 7) is 0. The van der Waals surface area contributed by atoms with Gasteiger partial charge in [-0.3, -0.25) is 0 Å². The van der Waals surface area contributed by atoms with Gasteiger partial charge in [-0.2, -0.15) is 13.2 Å². The topological polar surface area (TPSA) is 26.0 Å². The zero-order valence-corrected chi connectivity index (χ0v) is 8.77. The number of hydrogen-bond donors (Lipinski definition) is 1. The van der Waals surface area contributed by atoms with Gasteiger partial charge in [0.15, 0.2) is 0 Å². The number of nitrogen functional groups attached to an aromatic ring is 1. The first-order valence-electron chi connectivity index (χ1n) is 3.14. The lowest BCUT2D eigenvalue weighted by Gasteiger charge is -2.09. The van der Waals surface area contributed by atoms with Crippen LogP contribution >= 0.6 is 23.2 Å². The lowest BCUT2D eigenvalue weighted by molar-refractivity contribution is -0.137. The van der Waals surface area contributed by atoms with Gasteiger partial charge in [-0.05, 0) is 12.1 Å². The summed E-state index contributed by atoms with van der Waals surface area (Å²) in [7, 11) is 0. The molecule has 0 bridgehead atoms. The zero-order valence-electron chi connectivity index (χ0n) is 6.50. The Bertz CT molecular complexity index is 314. The fraction of sp³-hybridized carbons (Fsp3) is 0.143. The SMILES string of the molecule is Nc1c(Cl)cc(C(F)(F)F)cc1Cl.[Cl-]. The molecule has 0 saturated carbocycles. The smallest absolute Gasteiger partial charge is 0.416 e. The Morgan fingerprint density at radius 2 is 1.43 bits per heavy atom. The third-order valence-corrected chi connectivity index (χ3v) is 2.03. The first-order chi connectivity index (χ1) is 5.82. The van der Waals surface area contributed by atoms with Crippen LogP contribution in [0.3, 0.4) is 0 Å². The second-order valence-electron chi connectivity index (χ2n) is 2.35. The Morgan fingerprint density at radius 1 is 1.07 bits per heavy atom. The highest BCUT2D eigenvalue weighted by Gasteiger charge is 2.31. The summed E-state index contributed by atoms with van der Waals surface area (Å²) in [5, 5.41) is -0.389. The molecule has 1 aromatic rings. The van der Waals surface area contributed by atoms with Crippen LogP contribution in [0.4, 0.5) is 18.9 Å². The van der Waals surface area contributed by atoms with Crippen molar-refractivity contribution in [3.05, 3.63) is 27.7 Å². The molecule has 1 nitrogen and oxygen atoms in total. The van der Waals surface area contributed by atoms with Crippen LogP contribution in [-0.2, 0) is 6.18 Å². The van der Waals surface area contributed by atoms with Crippen LogP contribution < -0.4 is 18.1 Å². The van der Waals surface area contributed by atoms with Crippen LogP contribution in [-0.4, -0.2) is 0 Å². The van der Waals surface area contributed by atoms with Gasteiger partial charge in [0.25, 0.3) is 0 Å². The number of halogens is 6. The van der Waals surface area contributed by atoms with Gasteiger partial charge in [0.05, 0.1) is 21.3 Å². The molecular weight excluding hydrogens is 261 g/mol. The van der Waals surface area contributed by atoms with Crippen molar-refractivity contribution in [1.29, 1.82) is 0 Å². The van der Waals surface area contributed by atoms with Gasteiger partial charge in [-0.15, -0.1) is 0 Å². The molecule has 0 unspecified atom stereocenters. The molecule has 2 N–H and O–H groups in total. The van der Waals surface area contributed by atoms with E-state index in [1.165, 1.54) is 0 Å². The van der Waals surface area contributed by atoms with E-state index in [-0.39, 0.29) is 28.1 Å². The van der Waals surface area contributed by atoms with Crippen molar-refractivity contribution in [2.75, 3.05) is 5.73 Å². The molecule has 0 radical (unpaired) electrons. The molecule has 0 atom stereocenters. The van der Waals surface area contributed by atoms with Gasteiger partial charge in [-0.1, -0.05) is 23.2 Å². The molecule has 1 aromatic carbocycles. The summed E-state index contributed by atoms with van der Waals surface area (Å²) < 4.78 is 36.4. The first-order valence-corrected chi connectivity index (χ1v) is 3.89. The van der Waals surface area contributed by atoms with Crippen molar-refractivity contribution in [2.24, 2.45) is 0 Å². The van der Waals surface area contributed by atoms with E-state index < -0.39 is 11.7 Å². The number of nitrogens with two attached hydrogens (primary N) is 1. The van der Waals surface area contributed by atoms with Gasteiger partial charge in [0.1, 0.15) is 0 Å². The molecule has 0 fully saturated rings. The average Bonchev–Trinajstić information content (AvgIpc) is 1.97. The molecule has 14 heavy (non-hydrogen) atoms. The summed E-state index contributed by atoms with van der Waals surface area (Å²) in [5.74, 6) is 0. The minimum absolute atomic E-state index is 0. The number of hydrogen-bond acceptors (Lipinski definition) is 1. The third-order valence-electron chi connectivity index (χ3n) is 1.41. The Kier molecular flexibility index (Phi) is 4.36. The van der Waals surface area contributed by atoms with Crippen LogP contribution in [0, 0.1) is 0 Å². The van der Waals surface area contributed by atoms with Gasteiger partial charge in [0.2, 0.25) is 0 Å². The highest BCUT2D eigenvalue weighted by Crippen LogP contribution is 2.36. The quantitative estimate of drug-likeness (QED) is 0.683. The van der Waals surface area contributed by atoms with Crippen LogP contribution in [0.5, 0.6) is 0 Å². The molecule has 0 aliphatic rings. The van der Waals surface area contributed by atoms with Gasteiger partial charge in [-0.25, -0.2) is 0 Å². The van der Waals surface area contributed by atoms with E-state index in [1.807, 2.05) is 0 Å². The van der Waals surface area contributed by atoms with Crippen molar-refractivity contribution in [1.82, 2.24) is 0 Å². The Morgan fingerprint density at radius 3 is 1.71 bits per heavy atom. The Balaban J connectivity index is 0.00000169. The summed E-state index contributed by atoms with van der Waals surface area (Å²) in [4.78, 5) is 0. The summed E-state index contributed by atoms with van der Waals surface area (Å²) >= 11 is 10.8. The first kappa shape index (κ1) is 13.7. The molecule has 0 aliphatic carbocycles. The van der Waals surface area contributed by atoms with Crippen LogP contribution in [0.1, 0.15) is 5.56 Å². The van der Waals surface area contributed by atoms with E-state index in [0.29, 0.717) is 0 Å². The molecule has 0 aliphatic heterocycles. The van der Waals surface area contributed by atoms with E-state index in [0.717, 1.165) is 12.1 Å². The Hall–Kier alpha value is -0.320. The minimum Gasteiger partial charge on any atom is -1.00 e. The lowest BCUT2D eigenvalue weighted by atomic mass is 10.2. The number of rotatable bonds is 0. The minimum atomic E-state index is -4.46. The summed E-state index contributed by atoms with van der Waals surface area (Å²) in [6, 6.07) is 1.48. The van der Waals surface area contributed by atoms with E-state index in [1.54, 1.807) is 0 Å². The molecule has 1 rings (SSSR count). The van der Waals surface area contributed by atoms with Crippen molar-refractivity contribution in [3.63, 3.8) is 0 Å². The largest absolute Gasteiger partial charge is 1.00 e. The average molecular weight is 265 g/mol. The highest BCUT2D eigenvalue weighted by molar-refractivity contribution is 6.38. The molecule has 0 saturated heterocycles. The maximum absolute atomic E-state index is 12.1. The van der Waals surface area contributed by atoms with E-state index in [4.69, 9.17) is 28.9 Å². The van der Waals surface area contributed by atoms with Crippen LogP contribution in [0.25, 0.3) is 0 Å². The van der Waals surface area contributed by atoms with E-state index in [2.05, 4.69) is 0 Å². The lowest BCUT2D eigenvalue weighted by Crippen LogP contribution is -3.00. The molecule has 7 heteroatoms. The highest BCUT2D eigenvalue weighted by atomic mass is 35.5. The number of anilines is 1. The fourth-order valence-electron chi connectivity index (χ4n) is 0.748. The van der Waals surface area contributed by atoms with Gasteiger partial charge < -0.3 is 18.1 Å². The van der Waals surface area contributed by atoms with Crippen LogP contribution in [0.2, 0.25) is 10.0 Å². The number of benzene rings is 1. The molecule has 0 amide bonds. The molecule has 0 heterocycles. The predicted octanol–water partition coefficient (Wildman–Crippen LogP) is 0.598. The predicted molar refractivity (Wildman–Crippen MR) is 45.9 cm³/mol. The van der Waals surface area contributed by atoms with Crippen molar-refractivity contribution in [2.45, 2.75) is 6.18 Å². The Labute approximate surface area is 94.4 Å². The van der Waals surface area contributed by atoms with Gasteiger partial charge in [0, 0.05) is 0 Å². The van der Waals surface area contributed by atoms with Crippen LogP contribution in [0.15, 0.2) is 12.1 Å².